The Kier molecular flexibility index (Phi) is 5.23. The first-order valence-electron chi connectivity index (χ1n) is 5.69. The van der Waals surface area contributed by atoms with Crippen LogP contribution in [0, 0.1) is 0 Å². The number of thioether (sulfide) groups is 1. The second-order valence-corrected chi connectivity index (χ2v) is 5.89. The third-order valence-electron chi connectivity index (χ3n) is 2.65. The molecule has 0 radical (unpaired) electrons. The van der Waals surface area contributed by atoms with Crippen LogP contribution >= 0.6 is 35.0 Å². The van der Waals surface area contributed by atoms with Crippen molar-refractivity contribution in [1.82, 2.24) is 9.88 Å². The molecule has 0 bridgehead atoms. The predicted molar refractivity (Wildman–Crippen MR) is 76.0 cm³/mol. The first-order chi connectivity index (χ1) is 9.49. The Bertz CT molecular complexity index is 537. The Morgan fingerprint density at radius 2 is 2.25 bits per heavy atom. The van der Waals surface area contributed by atoms with Crippen molar-refractivity contribution in [3.05, 3.63) is 39.1 Å². The van der Waals surface area contributed by atoms with Gasteiger partial charge < -0.3 is 4.90 Å². The van der Waals surface area contributed by atoms with Crippen LogP contribution in [0.1, 0.15) is 5.56 Å². The Morgan fingerprint density at radius 1 is 1.50 bits per heavy atom. The number of alkyl halides is 2. The van der Waals surface area contributed by atoms with Crippen LogP contribution in [0.4, 0.5) is 8.78 Å². The van der Waals surface area contributed by atoms with E-state index in [0.29, 0.717) is 29.0 Å². The minimum Gasteiger partial charge on any atom is -0.360 e. The van der Waals surface area contributed by atoms with Crippen molar-refractivity contribution in [2.24, 2.45) is 0 Å². The molecule has 1 saturated heterocycles. The highest BCUT2D eigenvalue weighted by atomic mass is 35.5. The number of pyridine rings is 1. The zero-order valence-electron chi connectivity index (χ0n) is 10.2. The van der Waals surface area contributed by atoms with E-state index in [-0.39, 0.29) is 0 Å². The van der Waals surface area contributed by atoms with Crippen molar-refractivity contribution in [2.45, 2.75) is 13.0 Å². The third kappa shape index (κ3) is 3.62. The van der Waals surface area contributed by atoms with Crippen LogP contribution < -0.4 is 0 Å². The van der Waals surface area contributed by atoms with Gasteiger partial charge in [-0.3, -0.25) is 4.79 Å². The molecule has 0 N–H and O–H groups in total. The summed E-state index contributed by atoms with van der Waals surface area (Å²) in [7, 11) is 0. The molecule has 1 aliphatic heterocycles. The number of hydrogen-bond donors (Lipinski definition) is 0. The number of carbonyl (C=O) groups excluding carboxylic acids is 1. The molecule has 2 heterocycles. The summed E-state index contributed by atoms with van der Waals surface area (Å²) in [5.74, 6) is -0.640. The van der Waals surface area contributed by atoms with Crippen LogP contribution in [0.3, 0.4) is 0 Å². The number of carbonyl (C=O) groups is 1. The Balaban J connectivity index is 2.17. The zero-order valence-corrected chi connectivity index (χ0v) is 12.5. The molecule has 0 amide bonds. The van der Waals surface area contributed by atoms with E-state index in [1.54, 1.807) is 23.2 Å². The van der Waals surface area contributed by atoms with Gasteiger partial charge in [0.25, 0.3) is 0 Å². The van der Waals surface area contributed by atoms with Gasteiger partial charge in [-0.05, 0) is 11.6 Å². The molecule has 2 rings (SSSR count). The number of Topliss-reactive ketones (excluding diaryl/α,β-unsaturated/α-hetero) is 1. The van der Waals surface area contributed by atoms with Gasteiger partial charge in [-0.15, -0.1) is 11.8 Å². The van der Waals surface area contributed by atoms with Crippen molar-refractivity contribution in [3.8, 4) is 0 Å². The maximum atomic E-state index is 12.4. The number of ketones is 1. The number of rotatable bonds is 4. The standard InChI is InChI=1S/C12H10Cl2F2N2OS/c13-8-2-1-7(5-17-8)6-18-3-4-20-12(18)9(14)10(19)11(15)16/h1-2,5,11H,3-4,6H2. The number of aromatic nitrogens is 1. The van der Waals surface area contributed by atoms with Gasteiger partial charge in [-0.1, -0.05) is 29.3 Å². The molecule has 0 atom stereocenters. The summed E-state index contributed by atoms with van der Waals surface area (Å²) in [6.45, 7) is 1.08. The van der Waals surface area contributed by atoms with Crippen LogP contribution in [0.2, 0.25) is 5.15 Å². The van der Waals surface area contributed by atoms with Crippen LogP contribution in [0.5, 0.6) is 0 Å². The van der Waals surface area contributed by atoms with E-state index >= 15 is 0 Å². The van der Waals surface area contributed by atoms with Crippen LogP contribution in [0.25, 0.3) is 0 Å². The first-order valence-corrected chi connectivity index (χ1v) is 7.43. The second kappa shape index (κ2) is 6.74. The van der Waals surface area contributed by atoms with Gasteiger partial charge in [0.05, 0.1) is 5.03 Å². The van der Waals surface area contributed by atoms with Crippen molar-refractivity contribution in [2.75, 3.05) is 12.3 Å². The smallest absolute Gasteiger partial charge is 0.301 e. The number of hydrogen-bond acceptors (Lipinski definition) is 4. The summed E-state index contributed by atoms with van der Waals surface area (Å²) in [5.41, 5.74) is 0.864. The fourth-order valence-electron chi connectivity index (χ4n) is 1.72. The molecule has 1 aliphatic rings. The van der Waals surface area contributed by atoms with Gasteiger partial charge in [0.2, 0.25) is 5.78 Å². The molecule has 0 aliphatic carbocycles. The van der Waals surface area contributed by atoms with Crippen LogP contribution in [0.15, 0.2) is 28.4 Å². The summed E-state index contributed by atoms with van der Waals surface area (Å²) >= 11 is 12.8. The second-order valence-electron chi connectivity index (χ2n) is 4.04. The van der Waals surface area contributed by atoms with Gasteiger partial charge in [0, 0.05) is 25.0 Å². The number of halogens is 4. The molecule has 0 spiro atoms. The maximum absolute atomic E-state index is 12.4. The number of allylic oxidation sites excluding steroid dienone is 1. The largest absolute Gasteiger partial charge is 0.360 e. The fourth-order valence-corrected chi connectivity index (χ4v) is 3.27. The van der Waals surface area contributed by atoms with E-state index in [1.165, 1.54) is 11.8 Å². The molecule has 1 aromatic heterocycles. The summed E-state index contributed by atoms with van der Waals surface area (Å²) in [5, 5.41) is 0.377. The average molecular weight is 339 g/mol. The van der Waals surface area contributed by atoms with Crippen molar-refractivity contribution >= 4 is 40.7 Å². The lowest BCUT2D eigenvalue weighted by atomic mass is 10.2. The Hall–Kier alpha value is -0.850. The van der Waals surface area contributed by atoms with Crippen LogP contribution in [-0.2, 0) is 11.3 Å². The summed E-state index contributed by atoms with van der Waals surface area (Å²) in [6.07, 6.45) is -1.48. The minimum atomic E-state index is -3.09. The highest BCUT2D eigenvalue weighted by Crippen LogP contribution is 2.34. The maximum Gasteiger partial charge on any atom is 0.301 e. The molecule has 0 aromatic carbocycles. The molecule has 1 fully saturated rings. The molecule has 0 unspecified atom stereocenters. The Labute approximate surface area is 128 Å². The van der Waals surface area contributed by atoms with Gasteiger partial charge >= 0.3 is 6.43 Å². The van der Waals surface area contributed by atoms with Gasteiger partial charge in [-0.2, -0.15) is 0 Å². The lowest BCUT2D eigenvalue weighted by Gasteiger charge is -2.19. The molecular formula is C12H10Cl2F2N2OS. The van der Waals surface area contributed by atoms with Crippen LogP contribution in [-0.4, -0.2) is 34.4 Å². The lowest BCUT2D eigenvalue weighted by Crippen LogP contribution is -2.21. The van der Waals surface area contributed by atoms with Crippen molar-refractivity contribution in [3.63, 3.8) is 0 Å². The summed E-state index contributed by atoms with van der Waals surface area (Å²) in [6, 6.07) is 3.44. The van der Waals surface area contributed by atoms with E-state index in [9.17, 15) is 13.6 Å². The Morgan fingerprint density at radius 3 is 2.85 bits per heavy atom. The monoisotopic (exact) mass is 338 g/mol. The highest BCUT2D eigenvalue weighted by Gasteiger charge is 2.28. The van der Waals surface area contributed by atoms with Crippen molar-refractivity contribution < 1.29 is 13.6 Å². The third-order valence-corrected chi connectivity index (χ3v) is 4.47. The van der Waals surface area contributed by atoms with Gasteiger partial charge in [-0.25, -0.2) is 13.8 Å². The summed E-state index contributed by atoms with van der Waals surface area (Å²) < 4.78 is 24.8. The molecule has 1 aromatic rings. The number of nitrogens with zero attached hydrogens (tertiary/aromatic N) is 2. The quantitative estimate of drug-likeness (QED) is 0.621. The molecule has 3 nitrogen and oxygen atoms in total. The zero-order chi connectivity index (χ0) is 14.7. The first kappa shape index (κ1) is 15.5. The van der Waals surface area contributed by atoms with E-state index in [2.05, 4.69) is 4.98 Å². The molecular weight excluding hydrogens is 329 g/mol. The molecule has 108 valence electrons. The van der Waals surface area contributed by atoms with E-state index in [0.717, 1.165) is 5.56 Å². The van der Waals surface area contributed by atoms with Gasteiger partial charge in [0.15, 0.2) is 0 Å². The fraction of sp³-hybridized carbons (Fsp3) is 0.333. The topological polar surface area (TPSA) is 33.2 Å². The molecule has 20 heavy (non-hydrogen) atoms. The SMILES string of the molecule is O=C(C(Cl)=C1SCCN1Cc1ccc(Cl)nc1)C(F)F. The summed E-state index contributed by atoms with van der Waals surface area (Å²) in [4.78, 5) is 17.0. The van der Waals surface area contributed by atoms with Crippen molar-refractivity contribution in [1.29, 1.82) is 0 Å². The lowest BCUT2D eigenvalue weighted by molar-refractivity contribution is -0.125. The average Bonchev–Trinajstić information content (AvgIpc) is 2.87. The van der Waals surface area contributed by atoms with Gasteiger partial charge in [0.1, 0.15) is 10.2 Å². The minimum absolute atomic E-state index is 0.381. The highest BCUT2D eigenvalue weighted by molar-refractivity contribution is 8.03. The molecule has 0 saturated carbocycles. The molecule has 8 heteroatoms. The van der Waals surface area contributed by atoms with E-state index < -0.39 is 17.2 Å². The van der Waals surface area contributed by atoms with E-state index in [4.69, 9.17) is 23.2 Å². The van der Waals surface area contributed by atoms with E-state index in [1.807, 2.05) is 0 Å². The normalized spacial score (nSPS) is 17.8. The predicted octanol–water partition coefficient (Wildman–Crippen LogP) is 3.53.